The van der Waals surface area contributed by atoms with Gasteiger partial charge in [0.05, 0.1) is 4.90 Å². The molecule has 0 radical (unpaired) electrons. The first kappa shape index (κ1) is 22.5. The second-order valence-electron chi connectivity index (χ2n) is 7.51. The number of hydrogen-bond donors (Lipinski definition) is 1. The summed E-state index contributed by atoms with van der Waals surface area (Å²) in [5.74, 6) is -1.55. The van der Waals surface area contributed by atoms with E-state index in [1.54, 1.807) is 18.2 Å². The van der Waals surface area contributed by atoms with E-state index in [9.17, 15) is 31.2 Å². The van der Waals surface area contributed by atoms with E-state index in [1.807, 2.05) is 5.32 Å². The van der Waals surface area contributed by atoms with Crippen LogP contribution in [0.3, 0.4) is 0 Å². The molecule has 0 spiro atoms. The number of carbonyl (C=O) groups is 2. The van der Waals surface area contributed by atoms with Crippen molar-refractivity contribution in [3.8, 4) is 0 Å². The van der Waals surface area contributed by atoms with E-state index in [0.29, 0.717) is 32.2 Å². The van der Waals surface area contributed by atoms with Crippen molar-refractivity contribution in [1.82, 2.24) is 14.5 Å². The topological polar surface area (TPSA) is 86.8 Å². The van der Waals surface area contributed by atoms with Gasteiger partial charge in [-0.1, -0.05) is 18.2 Å². The number of rotatable bonds is 5. The number of piperidine rings is 1. The maximum absolute atomic E-state index is 12.9. The van der Waals surface area contributed by atoms with E-state index in [1.165, 1.54) is 21.3 Å². The quantitative estimate of drug-likeness (QED) is 0.745. The molecule has 3 rings (SSSR count). The zero-order valence-corrected chi connectivity index (χ0v) is 17.1. The Morgan fingerprint density at radius 3 is 2.27 bits per heavy atom. The predicted molar refractivity (Wildman–Crippen MR) is 102 cm³/mol. The molecule has 1 aromatic carbocycles. The van der Waals surface area contributed by atoms with Gasteiger partial charge < -0.3 is 10.2 Å². The summed E-state index contributed by atoms with van der Waals surface area (Å²) in [7, 11) is -3.64. The smallest absolute Gasteiger partial charge is 0.345 e. The first-order valence-electron chi connectivity index (χ1n) is 9.80. The molecule has 1 aromatic rings. The molecule has 1 N–H and O–H groups in total. The number of amides is 2. The minimum atomic E-state index is -4.51. The Morgan fingerprint density at radius 1 is 1.03 bits per heavy atom. The number of sulfonamides is 1. The lowest BCUT2D eigenvalue weighted by molar-refractivity contribution is -0.146. The van der Waals surface area contributed by atoms with Gasteiger partial charge in [0.15, 0.2) is 0 Å². The zero-order chi connectivity index (χ0) is 21.9. The average molecular weight is 447 g/mol. The van der Waals surface area contributed by atoms with Crippen LogP contribution >= 0.6 is 0 Å². The highest BCUT2D eigenvalue weighted by Gasteiger charge is 2.40. The van der Waals surface area contributed by atoms with Crippen LogP contribution in [0.15, 0.2) is 35.2 Å². The molecule has 2 aliphatic heterocycles. The van der Waals surface area contributed by atoms with Gasteiger partial charge in [0.1, 0.15) is 12.6 Å². The maximum Gasteiger partial charge on any atom is 0.405 e. The largest absolute Gasteiger partial charge is 0.405 e. The van der Waals surface area contributed by atoms with Crippen molar-refractivity contribution in [3.05, 3.63) is 30.3 Å². The molecule has 30 heavy (non-hydrogen) atoms. The maximum atomic E-state index is 12.9. The van der Waals surface area contributed by atoms with Crippen molar-refractivity contribution in [1.29, 1.82) is 0 Å². The summed E-state index contributed by atoms with van der Waals surface area (Å²) in [6.45, 7) is -0.773. The Kier molecular flexibility index (Phi) is 6.71. The highest BCUT2D eigenvalue weighted by molar-refractivity contribution is 7.89. The normalized spacial score (nSPS) is 21.6. The minimum absolute atomic E-state index is 0.173. The molecule has 0 aliphatic carbocycles. The lowest BCUT2D eigenvalue weighted by Gasteiger charge is -2.34. The molecule has 2 aliphatic rings. The van der Waals surface area contributed by atoms with Gasteiger partial charge in [-0.15, -0.1) is 0 Å². The van der Waals surface area contributed by atoms with Crippen LogP contribution in [0.2, 0.25) is 0 Å². The second kappa shape index (κ2) is 8.93. The predicted octanol–water partition coefficient (Wildman–Crippen LogP) is 1.76. The summed E-state index contributed by atoms with van der Waals surface area (Å²) in [6, 6.07) is 7.12. The monoisotopic (exact) mass is 447 g/mol. The fraction of sp³-hybridized carbons (Fsp3) is 0.579. The van der Waals surface area contributed by atoms with E-state index < -0.39 is 40.6 Å². The van der Waals surface area contributed by atoms with Crippen molar-refractivity contribution in [3.63, 3.8) is 0 Å². The summed E-state index contributed by atoms with van der Waals surface area (Å²) < 4.78 is 63.8. The number of alkyl halides is 3. The number of nitrogens with zero attached hydrogens (tertiary/aromatic N) is 2. The van der Waals surface area contributed by atoms with E-state index >= 15 is 0 Å². The van der Waals surface area contributed by atoms with Crippen LogP contribution in [0.5, 0.6) is 0 Å². The number of halogens is 3. The number of hydrogen-bond acceptors (Lipinski definition) is 4. The molecule has 2 heterocycles. The Morgan fingerprint density at radius 2 is 1.67 bits per heavy atom. The highest BCUT2D eigenvalue weighted by atomic mass is 32.2. The molecule has 2 fully saturated rings. The first-order valence-corrected chi connectivity index (χ1v) is 11.2. The minimum Gasteiger partial charge on any atom is -0.345 e. The van der Waals surface area contributed by atoms with Crippen LogP contribution in [0.1, 0.15) is 25.7 Å². The number of benzene rings is 1. The molecule has 0 aromatic heterocycles. The van der Waals surface area contributed by atoms with Crippen LogP contribution in [-0.4, -0.2) is 67.8 Å². The van der Waals surface area contributed by atoms with Crippen molar-refractivity contribution < 1.29 is 31.2 Å². The van der Waals surface area contributed by atoms with Gasteiger partial charge in [-0.05, 0) is 37.8 Å². The third kappa shape index (κ3) is 5.12. The summed E-state index contributed by atoms with van der Waals surface area (Å²) in [5.41, 5.74) is 0. The van der Waals surface area contributed by atoms with Crippen LogP contribution < -0.4 is 5.32 Å². The van der Waals surface area contributed by atoms with E-state index in [0.717, 1.165) is 0 Å². The van der Waals surface area contributed by atoms with Gasteiger partial charge in [-0.25, -0.2) is 8.42 Å². The average Bonchev–Trinajstić information content (AvgIpc) is 3.21. The first-order chi connectivity index (χ1) is 14.1. The third-order valence-corrected chi connectivity index (χ3v) is 7.40. The van der Waals surface area contributed by atoms with Crippen LogP contribution in [0.25, 0.3) is 0 Å². The number of likely N-dealkylation sites (tertiary alicyclic amines) is 1. The third-order valence-electron chi connectivity index (χ3n) is 5.49. The zero-order valence-electron chi connectivity index (χ0n) is 16.3. The number of nitrogens with one attached hydrogen (secondary N) is 1. The van der Waals surface area contributed by atoms with Gasteiger partial charge in [0.25, 0.3) is 0 Å². The molecule has 11 heteroatoms. The Labute approximate surface area is 173 Å². The Hall–Kier alpha value is -2.14. The summed E-state index contributed by atoms with van der Waals surface area (Å²) in [6.07, 6.45) is -3.05. The number of carbonyl (C=O) groups excluding carboxylic acids is 2. The van der Waals surface area contributed by atoms with E-state index in [2.05, 4.69) is 0 Å². The molecule has 0 bridgehead atoms. The standard InChI is InChI=1S/C19H24F3N3O4S/c20-19(21,22)13-23-17(26)16-7-4-10-25(16)18(27)14-8-11-24(12-9-14)30(28,29)15-5-2-1-3-6-15/h1-3,5-6,14,16H,4,7-13H2,(H,23,26). The van der Waals surface area contributed by atoms with E-state index in [4.69, 9.17) is 0 Å². The fourth-order valence-electron chi connectivity index (χ4n) is 3.93. The van der Waals surface area contributed by atoms with Gasteiger partial charge >= 0.3 is 6.18 Å². The molecule has 7 nitrogen and oxygen atoms in total. The van der Waals surface area contributed by atoms with Gasteiger partial charge in [0.2, 0.25) is 21.8 Å². The molecular formula is C19H24F3N3O4S. The molecular weight excluding hydrogens is 423 g/mol. The summed E-state index contributed by atoms with van der Waals surface area (Å²) in [5, 5.41) is 1.85. The lowest BCUT2D eigenvalue weighted by atomic mass is 9.96. The molecule has 166 valence electrons. The molecule has 2 saturated heterocycles. The van der Waals surface area contributed by atoms with Gasteiger partial charge in [-0.3, -0.25) is 9.59 Å². The molecule has 0 saturated carbocycles. The molecule has 1 unspecified atom stereocenters. The van der Waals surface area contributed by atoms with Crippen molar-refractivity contribution in [2.45, 2.75) is 42.8 Å². The van der Waals surface area contributed by atoms with Crippen molar-refractivity contribution in [2.75, 3.05) is 26.2 Å². The Balaban J connectivity index is 1.59. The lowest BCUT2D eigenvalue weighted by Crippen LogP contribution is -2.51. The fourth-order valence-corrected chi connectivity index (χ4v) is 5.42. The summed E-state index contributed by atoms with van der Waals surface area (Å²) >= 11 is 0. The van der Waals surface area contributed by atoms with E-state index in [-0.39, 0.29) is 23.9 Å². The van der Waals surface area contributed by atoms with Crippen molar-refractivity contribution >= 4 is 21.8 Å². The van der Waals surface area contributed by atoms with Crippen LogP contribution in [0.4, 0.5) is 13.2 Å². The van der Waals surface area contributed by atoms with Gasteiger partial charge in [0, 0.05) is 25.6 Å². The SMILES string of the molecule is O=C(NCC(F)(F)F)C1CCCN1C(=O)C1CCN(S(=O)(=O)c2ccccc2)CC1. The highest BCUT2D eigenvalue weighted by Crippen LogP contribution is 2.28. The van der Waals surface area contributed by atoms with Crippen LogP contribution in [-0.2, 0) is 19.6 Å². The van der Waals surface area contributed by atoms with Gasteiger partial charge in [-0.2, -0.15) is 17.5 Å². The second-order valence-corrected chi connectivity index (χ2v) is 9.45. The van der Waals surface area contributed by atoms with Crippen LogP contribution in [0, 0.1) is 5.92 Å². The summed E-state index contributed by atoms with van der Waals surface area (Å²) in [4.78, 5) is 26.6. The molecule has 1 atom stereocenters. The van der Waals surface area contributed by atoms with Crippen molar-refractivity contribution in [2.24, 2.45) is 5.92 Å². The molecule has 2 amide bonds. The Bertz CT molecular complexity index is 869.